The molecule has 1 fully saturated rings. The van der Waals surface area contributed by atoms with Crippen LogP contribution in [0.25, 0.3) is 0 Å². The lowest BCUT2D eigenvalue weighted by molar-refractivity contribution is 0.244. The third kappa shape index (κ3) is 4.14. The summed E-state index contributed by atoms with van der Waals surface area (Å²) in [5.74, 6) is -5.73. The zero-order valence-electron chi connectivity index (χ0n) is 13.9. The molecule has 1 aromatic carbocycles. The molecule has 0 radical (unpaired) electrons. The summed E-state index contributed by atoms with van der Waals surface area (Å²) in [6.07, 6.45) is 6.49. The second-order valence-corrected chi connectivity index (χ2v) is 6.28. The summed E-state index contributed by atoms with van der Waals surface area (Å²) in [5, 5.41) is 9.32. The van der Waals surface area contributed by atoms with Crippen LogP contribution in [-0.2, 0) is 6.54 Å². The van der Waals surface area contributed by atoms with E-state index < -0.39 is 41.4 Å². The molecule has 0 unspecified atom stereocenters. The highest BCUT2D eigenvalue weighted by molar-refractivity contribution is 5.88. The lowest BCUT2D eigenvalue weighted by Gasteiger charge is -2.22. The van der Waals surface area contributed by atoms with E-state index in [1.165, 1.54) is 12.3 Å². The van der Waals surface area contributed by atoms with E-state index in [-0.39, 0.29) is 17.9 Å². The zero-order valence-corrected chi connectivity index (χ0v) is 13.9. The van der Waals surface area contributed by atoms with Crippen LogP contribution < -0.4 is 10.6 Å². The first-order valence-corrected chi connectivity index (χ1v) is 8.37. The van der Waals surface area contributed by atoms with Gasteiger partial charge in [-0.2, -0.15) is 5.10 Å². The normalized spacial score (nSPS) is 15.1. The van der Waals surface area contributed by atoms with Crippen molar-refractivity contribution in [2.45, 2.75) is 44.7 Å². The fraction of sp³-hybridized carbons (Fsp3) is 0.412. The second-order valence-electron chi connectivity index (χ2n) is 6.28. The number of halogens is 4. The molecular formula is C17H18F4N4O. The van der Waals surface area contributed by atoms with E-state index in [4.69, 9.17) is 0 Å². The Bertz CT molecular complexity index is 776. The number of carbonyl (C=O) groups is 1. The Morgan fingerprint density at radius 2 is 1.77 bits per heavy atom. The van der Waals surface area contributed by atoms with Crippen molar-refractivity contribution in [2.75, 3.05) is 5.32 Å². The van der Waals surface area contributed by atoms with E-state index in [1.807, 2.05) is 0 Å². The predicted molar refractivity (Wildman–Crippen MR) is 86.6 cm³/mol. The topological polar surface area (TPSA) is 59.0 Å². The van der Waals surface area contributed by atoms with Crippen molar-refractivity contribution in [3.8, 4) is 0 Å². The van der Waals surface area contributed by atoms with Gasteiger partial charge in [-0.3, -0.25) is 10.00 Å². The smallest absolute Gasteiger partial charge is 0.320 e. The van der Waals surface area contributed by atoms with Crippen LogP contribution in [0.1, 0.15) is 37.7 Å². The minimum absolute atomic E-state index is 0.115. The molecule has 2 N–H and O–H groups in total. The minimum atomic E-state index is -1.48. The van der Waals surface area contributed by atoms with Gasteiger partial charge in [-0.25, -0.2) is 22.4 Å². The summed E-state index contributed by atoms with van der Waals surface area (Å²) in [7, 11) is 0. The summed E-state index contributed by atoms with van der Waals surface area (Å²) in [6, 6.07) is 1.27. The number of nitrogens with one attached hydrogen (secondary N) is 2. The number of aromatic nitrogens is 2. The lowest BCUT2D eigenvalue weighted by Crippen LogP contribution is -2.39. The van der Waals surface area contributed by atoms with E-state index in [1.54, 1.807) is 0 Å². The second kappa shape index (κ2) is 7.76. The average molecular weight is 370 g/mol. The number of nitrogens with zero attached hydrogens (tertiary/aromatic N) is 2. The maximum Gasteiger partial charge on any atom is 0.320 e. The van der Waals surface area contributed by atoms with Gasteiger partial charge in [0.05, 0.1) is 12.1 Å². The Morgan fingerprint density at radius 1 is 1.12 bits per heavy atom. The van der Waals surface area contributed by atoms with Gasteiger partial charge < -0.3 is 5.32 Å². The van der Waals surface area contributed by atoms with Crippen LogP contribution in [0.15, 0.2) is 18.3 Å². The van der Waals surface area contributed by atoms with Crippen molar-refractivity contribution >= 4 is 11.8 Å². The fourth-order valence-corrected chi connectivity index (χ4v) is 3.02. The number of benzene rings is 1. The first-order valence-electron chi connectivity index (χ1n) is 8.37. The van der Waals surface area contributed by atoms with Gasteiger partial charge in [-0.1, -0.05) is 19.3 Å². The van der Waals surface area contributed by atoms with E-state index >= 15 is 0 Å². The molecule has 1 aliphatic rings. The summed E-state index contributed by atoms with van der Waals surface area (Å²) in [4.78, 5) is 12.0. The largest absolute Gasteiger partial charge is 0.335 e. The zero-order chi connectivity index (χ0) is 18.7. The van der Waals surface area contributed by atoms with E-state index in [0.717, 1.165) is 36.8 Å². The molecule has 0 bridgehead atoms. The van der Waals surface area contributed by atoms with E-state index in [9.17, 15) is 22.4 Å². The van der Waals surface area contributed by atoms with Gasteiger partial charge in [0.1, 0.15) is 0 Å². The molecule has 26 heavy (non-hydrogen) atoms. The molecule has 1 saturated carbocycles. The molecule has 0 aliphatic heterocycles. The molecule has 9 heteroatoms. The summed E-state index contributed by atoms with van der Waals surface area (Å²) in [6.45, 7) is -0.516. The molecular weight excluding hydrogens is 352 g/mol. The van der Waals surface area contributed by atoms with Crippen molar-refractivity contribution in [1.82, 2.24) is 15.1 Å². The van der Waals surface area contributed by atoms with E-state index in [2.05, 4.69) is 15.7 Å². The number of hydrogen-bond acceptors (Lipinski definition) is 2. The van der Waals surface area contributed by atoms with Crippen molar-refractivity contribution < 1.29 is 22.4 Å². The Hall–Kier alpha value is -2.58. The van der Waals surface area contributed by atoms with Crippen molar-refractivity contribution in [1.29, 1.82) is 0 Å². The van der Waals surface area contributed by atoms with Gasteiger partial charge in [0.2, 0.25) is 0 Å². The van der Waals surface area contributed by atoms with Gasteiger partial charge >= 0.3 is 6.03 Å². The van der Waals surface area contributed by atoms with Crippen LogP contribution in [0.5, 0.6) is 0 Å². The van der Waals surface area contributed by atoms with Crippen LogP contribution in [0, 0.1) is 23.3 Å². The van der Waals surface area contributed by atoms with Gasteiger partial charge in [0.15, 0.2) is 29.1 Å². The van der Waals surface area contributed by atoms with Crippen LogP contribution in [0.3, 0.4) is 0 Å². The van der Waals surface area contributed by atoms with Crippen molar-refractivity contribution in [2.24, 2.45) is 0 Å². The predicted octanol–water partition coefficient (Wildman–Crippen LogP) is 3.94. The number of anilines is 1. The van der Waals surface area contributed by atoms with Crippen LogP contribution in [0.2, 0.25) is 0 Å². The number of urea groups is 1. The van der Waals surface area contributed by atoms with Gasteiger partial charge in [0, 0.05) is 24.4 Å². The van der Waals surface area contributed by atoms with Crippen molar-refractivity contribution in [3.05, 3.63) is 47.2 Å². The van der Waals surface area contributed by atoms with Crippen LogP contribution in [-0.4, -0.2) is 21.9 Å². The molecule has 1 heterocycles. The Morgan fingerprint density at radius 3 is 2.42 bits per heavy atom. The van der Waals surface area contributed by atoms with Gasteiger partial charge in [0.25, 0.3) is 0 Å². The number of carbonyl (C=O) groups excluding carboxylic acids is 1. The number of hydrogen-bond donors (Lipinski definition) is 2. The highest BCUT2D eigenvalue weighted by Crippen LogP contribution is 2.21. The lowest BCUT2D eigenvalue weighted by atomic mass is 9.96. The molecule has 140 valence electrons. The first-order chi connectivity index (χ1) is 12.4. The summed E-state index contributed by atoms with van der Waals surface area (Å²) < 4.78 is 55.0. The maximum atomic E-state index is 13.7. The average Bonchev–Trinajstić information content (AvgIpc) is 3.04. The standard InChI is InChI=1S/C17H18F4N4O/c18-12-8-13(19)16(21)11(15(12)20)9-25-7-6-14(24-25)23-17(26)22-10-4-2-1-3-5-10/h6-8,10H,1-5,9H2,(H2,22,23,24,26). The summed E-state index contributed by atoms with van der Waals surface area (Å²) >= 11 is 0. The third-order valence-corrected chi connectivity index (χ3v) is 4.35. The number of amides is 2. The highest BCUT2D eigenvalue weighted by atomic mass is 19.2. The molecule has 5 nitrogen and oxygen atoms in total. The Labute approximate surface area is 147 Å². The SMILES string of the molecule is O=C(Nc1ccn(Cc2c(F)c(F)cc(F)c2F)n1)NC1CCCCC1. The van der Waals surface area contributed by atoms with Gasteiger partial charge in [-0.05, 0) is 12.8 Å². The molecule has 2 aromatic rings. The monoisotopic (exact) mass is 370 g/mol. The van der Waals surface area contributed by atoms with E-state index in [0.29, 0.717) is 0 Å². The van der Waals surface area contributed by atoms with Gasteiger partial charge in [-0.15, -0.1) is 0 Å². The Kier molecular flexibility index (Phi) is 5.43. The third-order valence-electron chi connectivity index (χ3n) is 4.35. The number of rotatable bonds is 4. The highest BCUT2D eigenvalue weighted by Gasteiger charge is 2.20. The quantitative estimate of drug-likeness (QED) is 0.633. The molecule has 1 aromatic heterocycles. The molecule has 0 saturated heterocycles. The minimum Gasteiger partial charge on any atom is -0.335 e. The fourth-order valence-electron chi connectivity index (χ4n) is 3.02. The molecule has 0 spiro atoms. The maximum absolute atomic E-state index is 13.7. The Balaban J connectivity index is 1.64. The first kappa shape index (κ1) is 18.2. The molecule has 3 rings (SSSR count). The molecule has 2 amide bonds. The summed E-state index contributed by atoms with van der Waals surface area (Å²) in [5.41, 5.74) is -0.774. The molecule has 0 atom stereocenters. The van der Waals surface area contributed by atoms with Crippen LogP contribution >= 0.6 is 0 Å². The van der Waals surface area contributed by atoms with Crippen LogP contribution in [0.4, 0.5) is 28.2 Å². The van der Waals surface area contributed by atoms with Crippen molar-refractivity contribution in [3.63, 3.8) is 0 Å². The molecule has 1 aliphatic carbocycles.